The molecule has 0 amide bonds. The van der Waals surface area contributed by atoms with Crippen molar-refractivity contribution in [1.82, 2.24) is 4.83 Å². The maximum Gasteiger partial charge on any atom is 0.276 e. The summed E-state index contributed by atoms with van der Waals surface area (Å²) in [5, 5.41) is 3.82. The Bertz CT molecular complexity index is 852. The SMILES string of the molecule is COc1cc(/C=N/NS(=O)(=O)c2ccccc2)cc(Br)c1OC(C)C. The summed E-state index contributed by atoms with van der Waals surface area (Å²) in [4.78, 5) is 2.33. The quantitative estimate of drug-likeness (QED) is 0.542. The second kappa shape index (κ2) is 8.35. The van der Waals surface area contributed by atoms with Gasteiger partial charge in [-0.05, 0) is 59.6 Å². The van der Waals surface area contributed by atoms with Crippen LogP contribution in [-0.4, -0.2) is 27.8 Å². The van der Waals surface area contributed by atoms with Gasteiger partial charge in [-0.25, -0.2) is 4.83 Å². The second-order valence-electron chi connectivity index (χ2n) is 5.37. The lowest BCUT2D eigenvalue weighted by Crippen LogP contribution is -2.18. The first kappa shape index (κ1) is 19.3. The number of hydrazone groups is 1. The van der Waals surface area contributed by atoms with Crippen molar-refractivity contribution >= 4 is 32.2 Å². The number of halogens is 1. The lowest BCUT2D eigenvalue weighted by Gasteiger charge is -2.15. The molecule has 0 radical (unpaired) electrons. The average molecular weight is 427 g/mol. The Kier molecular flexibility index (Phi) is 6.44. The third-order valence-electron chi connectivity index (χ3n) is 3.05. The number of sulfonamides is 1. The Morgan fingerprint density at radius 3 is 2.48 bits per heavy atom. The third kappa shape index (κ3) is 5.20. The van der Waals surface area contributed by atoms with Crippen molar-refractivity contribution in [2.75, 3.05) is 7.11 Å². The number of rotatable bonds is 7. The Morgan fingerprint density at radius 1 is 1.20 bits per heavy atom. The molecule has 0 aliphatic carbocycles. The van der Waals surface area contributed by atoms with E-state index in [2.05, 4.69) is 25.9 Å². The van der Waals surface area contributed by atoms with Gasteiger partial charge in [-0.2, -0.15) is 13.5 Å². The number of hydrogen-bond donors (Lipinski definition) is 1. The van der Waals surface area contributed by atoms with Crippen LogP contribution in [0.3, 0.4) is 0 Å². The molecule has 0 aromatic heterocycles. The normalized spacial score (nSPS) is 11.7. The van der Waals surface area contributed by atoms with Gasteiger partial charge in [0.1, 0.15) is 0 Å². The predicted octanol–water partition coefficient (Wildman–Crippen LogP) is 3.56. The highest BCUT2D eigenvalue weighted by molar-refractivity contribution is 9.10. The van der Waals surface area contributed by atoms with E-state index < -0.39 is 10.0 Å². The van der Waals surface area contributed by atoms with Crippen LogP contribution in [0.15, 0.2) is 56.9 Å². The van der Waals surface area contributed by atoms with Crippen molar-refractivity contribution in [2.45, 2.75) is 24.8 Å². The van der Waals surface area contributed by atoms with Crippen LogP contribution in [0.5, 0.6) is 11.5 Å². The fraction of sp³-hybridized carbons (Fsp3) is 0.235. The molecule has 2 rings (SSSR count). The molecular formula is C17H19BrN2O4S. The molecule has 2 aromatic carbocycles. The molecule has 0 spiro atoms. The summed E-state index contributed by atoms with van der Waals surface area (Å²) in [6, 6.07) is 11.5. The molecule has 8 heteroatoms. The third-order valence-corrected chi connectivity index (χ3v) is 4.87. The first-order valence-corrected chi connectivity index (χ1v) is 9.75. The van der Waals surface area contributed by atoms with Crippen LogP contribution >= 0.6 is 15.9 Å². The van der Waals surface area contributed by atoms with E-state index in [4.69, 9.17) is 9.47 Å². The van der Waals surface area contributed by atoms with Gasteiger partial charge < -0.3 is 9.47 Å². The summed E-state index contributed by atoms with van der Waals surface area (Å²) in [6.45, 7) is 3.83. The Labute approximate surface area is 156 Å². The Morgan fingerprint density at radius 2 is 1.88 bits per heavy atom. The predicted molar refractivity (Wildman–Crippen MR) is 101 cm³/mol. The van der Waals surface area contributed by atoms with Crippen LogP contribution in [0.2, 0.25) is 0 Å². The molecule has 0 aliphatic heterocycles. The minimum atomic E-state index is -3.70. The van der Waals surface area contributed by atoms with E-state index in [9.17, 15) is 8.42 Å². The topological polar surface area (TPSA) is 77.0 Å². The van der Waals surface area contributed by atoms with Gasteiger partial charge in [0.25, 0.3) is 10.0 Å². The summed E-state index contributed by atoms with van der Waals surface area (Å²) in [5.74, 6) is 1.11. The number of hydrogen-bond acceptors (Lipinski definition) is 5. The van der Waals surface area contributed by atoms with E-state index in [1.165, 1.54) is 25.5 Å². The van der Waals surface area contributed by atoms with E-state index >= 15 is 0 Å². The van der Waals surface area contributed by atoms with Crippen molar-refractivity contribution in [2.24, 2.45) is 5.10 Å². The highest BCUT2D eigenvalue weighted by atomic mass is 79.9. The molecule has 0 heterocycles. The molecule has 0 saturated heterocycles. The number of nitrogens with zero attached hydrogens (tertiary/aromatic N) is 1. The minimum absolute atomic E-state index is 0.0117. The van der Waals surface area contributed by atoms with Gasteiger partial charge in [0.2, 0.25) is 0 Å². The van der Waals surface area contributed by atoms with Crippen LogP contribution in [-0.2, 0) is 10.0 Å². The van der Waals surface area contributed by atoms with Gasteiger partial charge >= 0.3 is 0 Å². The summed E-state index contributed by atoms with van der Waals surface area (Å²) in [6.07, 6.45) is 1.38. The zero-order valence-electron chi connectivity index (χ0n) is 14.1. The second-order valence-corrected chi connectivity index (χ2v) is 7.88. The van der Waals surface area contributed by atoms with Crippen LogP contribution < -0.4 is 14.3 Å². The van der Waals surface area contributed by atoms with Crippen LogP contribution in [0, 0.1) is 0 Å². The standard InChI is InChI=1S/C17H19BrN2O4S/c1-12(2)24-17-15(18)9-13(10-16(17)23-3)11-19-20-25(21,22)14-7-5-4-6-8-14/h4-12,20H,1-3H3/b19-11+. The van der Waals surface area contributed by atoms with Gasteiger partial charge in [0.15, 0.2) is 11.5 Å². The van der Waals surface area contributed by atoms with Gasteiger partial charge in [0.05, 0.1) is 28.8 Å². The van der Waals surface area contributed by atoms with Gasteiger partial charge in [-0.3, -0.25) is 0 Å². The van der Waals surface area contributed by atoms with Crippen molar-refractivity contribution in [1.29, 1.82) is 0 Å². The molecule has 2 aromatic rings. The van der Waals surface area contributed by atoms with Crippen LogP contribution in [0.25, 0.3) is 0 Å². The highest BCUT2D eigenvalue weighted by Gasteiger charge is 2.13. The molecule has 6 nitrogen and oxygen atoms in total. The largest absolute Gasteiger partial charge is 0.493 e. The Balaban J connectivity index is 2.20. The van der Waals surface area contributed by atoms with Crippen molar-refractivity contribution in [3.05, 3.63) is 52.5 Å². The summed E-state index contributed by atoms with van der Waals surface area (Å²) >= 11 is 3.43. The van der Waals surface area contributed by atoms with E-state index in [0.717, 1.165) is 0 Å². The molecule has 0 unspecified atom stereocenters. The lowest BCUT2D eigenvalue weighted by atomic mass is 10.2. The summed E-state index contributed by atoms with van der Waals surface area (Å²) in [7, 11) is -2.16. The Hall–Kier alpha value is -2.06. The number of ether oxygens (including phenoxy) is 2. The average Bonchev–Trinajstić information content (AvgIpc) is 2.57. The first-order valence-electron chi connectivity index (χ1n) is 7.47. The molecule has 1 N–H and O–H groups in total. The fourth-order valence-electron chi connectivity index (χ4n) is 1.99. The smallest absolute Gasteiger partial charge is 0.276 e. The van der Waals surface area contributed by atoms with E-state index in [1.807, 2.05) is 13.8 Å². The van der Waals surface area contributed by atoms with Crippen LogP contribution in [0.4, 0.5) is 0 Å². The maximum atomic E-state index is 12.1. The molecule has 0 saturated carbocycles. The molecule has 0 aliphatic rings. The van der Waals surface area contributed by atoms with Gasteiger partial charge in [-0.1, -0.05) is 18.2 Å². The molecular weight excluding hydrogens is 408 g/mol. The van der Waals surface area contributed by atoms with Crippen molar-refractivity contribution in [3.63, 3.8) is 0 Å². The maximum absolute atomic E-state index is 12.1. The molecule has 0 atom stereocenters. The monoisotopic (exact) mass is 426 g/mol. The molecule has 134 valence electrons. The van der Waals surface area contributed by atoms with Gasteiger partial charge in [-0.15, -0.1) is 0 Å². The number of benzene rings is 2. The number of nitrogens with one attached hydrogen (secondary N) is 1. The summed E-state index contributed by atoms with van der Waals surface area (Å²) < 4.78 is 35.9. The highest BCUT2D eigenvalue weighted by Crippen LogP contribution is 2.36. The summed E-state index contributed by atoms with van der Waals surface area (Å²) in [5.41, 5.74) is 0.649. The van der Waals surface area contributed by atoms with E-state index in [-0.39, 0.29) is 11.0 Å². The molecule has 0 fully saturated rings. The van der Waals surface area contributed by atoms with Gasteiger partial charge in [0, 0.05) is 0 Å². The van der Waals surface area contributed by atoms with E-state index in [0.29, 0.717) is 21.5 Å². The van der Waals surface area contributed by atoms with E-state index in [1.54, 1.807) is 30.3 Å². The fourth-order valence-corrected chi connectivity index (χ4v) is 3.35. The zero-order valence-corrected chi connectivity index (χ0v) is 16.5. The molecule has 25 heavy (non-hydrogen) atoms. The first-order chi connectivity index (χ1) is 11.8. The number of methoxy groups -OCH3 is 1. The van der Waals surface area contributed by atoms with Crippen LogP contribution in [0.1, 0.15) is 19.4 Å². The minimum Gasteiger partial charge on any atom is -0.493 e. The molecule has 0 bridgehead atoms. The van der Waals surface area contributed by atoms with Crippen molar-refractivity contribution < 1.29 is 17.9 Å². The lowest BCUT2D eigenvalue weighted by molar-refractivity contribution is 0.228. The van der Waals surface area contributed by atoms with Crippen molar-refractivity contribution in [3.8, 4) is 11.5 Å². The zero-order chi connectivity index (χ0) is 18.4.